The highest BCUT2D eigenvalue weighted by Gasteiger charge is 2.46. The second-order valence-corrected chi connectivity index (χ2v) is 26.8. The second-order valence-electron chi connectivity index (χ2n) is 24.5. The van der Waals surface area contributed by atoms with E-state index in [1.807, 2.05) is 77.1 Å². The standard InChI is InChI=1S/C64H75FN9O13PS/c1-34-25-40(11-8-7-9-14-53(77)72-57(64(4,5)6)62(82)73-31-45(75)30-49(73)59(79)68-35(2)37-15-17-39(18-16-37)56-36(3)67-33-89-56)54(65)51(26-34)87-32-44(21-24-52(66)76)69-60(80)50-29-41-13-10-12-38-19-23-47(61(81)74(50)55(38)41)71-58(78)48-28-43-27-42(20-22-46(43)70-48)63(83)88(84,85)86/h10,12-13,15-18,20,22,25-28,33,35,44-45,47,49-50,57,70,75H,7-9,11,14,19,21,23-24,29-32H2,1-6H3,(H2,66,76)(H,68,79)(H,69,80)(H,71,78)(H,72,77)(H2,84,85,86)/t35-,44-,45+,47-,49-,50-,57+/m0/s1. The number of H-pyrrole nitrogens is 1. The van der Waals surface area contributed by atoms with Crippen molar-refractivity contribution < 1.29 is 66.9 Å². The van der Waals surface area contributed by atoms with Gasteiger partial charge in [-0.3, -0.25) is 47.8 Å². The molecule has 472 valence electrons. The number of hydrogen-bond donors (Lipinski definition) is 9. The molecule has 0 aliphatic carbocycles. The van der Waals surface area contributed by atoms with E-state index in [9.17, 15) is 57.8 Å². The number of thiazole rings is 1. The van der Waals surface area contributed by atoms with E-state index >= 15 is 4.39 Å². The van der Waals surface area contributed by atoms with Gasteiger partial charge in [0, 0.05) is 48.7 Å². The van der Waals surface area contributed by atoms with Crippen LogP contribution in [-0.2, 0) is 52.6 Å². The number of carbonyl (C=O) groups excluding carboxylic acids is 8. The first kappa shape index (κ1) is 65.3. The van der Waals surface area contributed by atoms with Crippen LogP contribution in [0.4, 0.5) is 10.1 Å². The third kappa shape index (κ3) is 15.3. The number of amides is 7. The Morgan fingerprint density at radius 3 is 2.34 bits per heavy atom. The summed E-state index contributed by atoms with van der Waals surface area (Å²) in [6, 6.07) is 16.3. The Hall–Kier alpha value is -8.15. The molecule has 9 rings (SSSR count). The lowest BCUT2D eigenvalue weighted by molar-refractivity contribution is -0.144. The number of primary amides is 1. The zero-order chi connectivity index (χ0) is 64.2. The van der Waals surface area contributed by atoms with E-state index in [0.717, 1.165) is 32.8 Å². The molecule has 7 amide bonds. The minimum atomic E-state index is -5.07. The van der Waals surface area contributed by atoms with Crippen molar-refractivity contribution in [2.75, 3.05) is 18.1 Å². The molecular weight excluding hydrogens is 1180 g/mol. The molecule has 5 heterocycles. The van der Waals surface area contributed by atoms with Gasteiger partial charge >= 0.3 is 7.60 Å². The van der Waals surface area contributed by atoms with Crippen molar-refractivity contribution in [1.82, 2.24) is 36.1 Å². The molecule has 89 heavy (non-hydrogen) atoms. The van der Waals surface area contributed by atoms with E-state index in [4.69, 9.17) is 10.5 Å². The normalized spacial score (nSPS) is 18.4. The van der Waals surface area contributed by atoms with Crippen LogP contribution >= 0.6 is 18.9 Å². The number of carbonyl (C=O) groups is 8. The molecule has 6 aromatic rings. The maximum atomic E-state index is 16.3. The smallest absolute Gasteiger partial charge is 0.396 e. The van der Waals surface area contributed by atoms with Gasteiger partial charge in [-0.05, 0) is 128 Å². The Bertz CT molecular complexity index is 3770. The first-order chi connectivity index (χ1) is 42.1. The maximum Gasteiger partial charge on any atom is 0.396 e. The number of hydrogen-bond acceptors (Lipinski definition) is 13. The summed E-state index contributed by atoms with van der Waals surface area (Å²) in [7, 11) is -5.07. The van der Waals surface area contributed by atoms with Gasteiger partial charge < -0.3 is 56.5 Å². The van der Waals surface area contributed by atoms with Crippen LogP contribution in [0.15, 0.2) is 84.4 Å². The highest BCUT2D eigenvalue weighted by atomic mass is 32.1. The van der Waals surface area contributed by atoms with Crippen LogP contribution in [0.25, 0.3) is 21.3 Å². The molecule has 1 fully saturated rings. The third-order valence-electron chi connectivity index (χ3n) is 16.6. The molecule has 10 N–H and O–H groups in total. The Morgan fingerprint density at radius 2 is 1.64 bits per heavy atom. The largest absolute Gasteiger partial charge is 0.488 e. The highest BCUT2D eigenvalue weighted by molar-refractivity contribution is 7.70. The van der Waals surface area contributed by atoms with Gasteiger partial charge in [-0.1, -0.05) is 75.7 Å². The average molecular weight is 1260 g/mol. The van der Waals surface area contributed by atoms with Gasteiger partial charge in [0.05, 0.1) is 40.0 Å². The third-order valence-corrected chi connectivity index (χ3v) is 18.4. The van der Waals surface area contributed by atoms with Crippen LogP contribution in [0.3, 0.4) is 0 Å². The van der Waals surface area contributed by atoms with Gasteiger partial charge in [-0.2, -0.15) is 0 Å². The van der Waals surface area contributed by atoms with Crippen LogP contribution < -0.4 is 36.6 Å². The fourth-order valence-electron chi connectivity index (χ4n) is 11.9. The van der Waals surface area contributed by atoms with Crippen LogP contribution in [0.5, 0.6) is 5.75 Å². The van der Waals surface area contributed by atoms with Crippen LogP contribution in [0.2, 0.25) is 0 Å². The van der Waals surface area contributed by atoms with E-state index < -0.39 is 102 Å². The number of nitrogens with one attached hydrogen (secondary N) is 5. The van der Waals surface area contributed by atoms with E-state index in [1.165, 1.54) is 40.1 Å². The van der Waals surface area contributed by atoms with Crippen molar-refractivity contribution in [3.05, 3.63) is 135 Å². The van der Waals surface area contributed by atoms with Gasteiger partial charge in [-0.15, -0.1) is 11.3 Å². The highest BCUT2D eigenvalue weighted by Crippen LogP contribution is 2.41. The minimum absolute atomic E-state index is 0.00790. The number of para-hydroxylation sites is 1. The number of benzene rings is 4. The van der Waals surface area contributed by atoms with Crippen molar-refractivity contribution in [3.8, 4) is 16.2 Å². The van der Waals surface area contributed by atoms with E-state index in [0.29, 0.717) is 53.4 Å². The summed E-state index contributed by atoms with van der Waals surface area (Å²) in [4.78, 5) is 139. The predicted octanol–water partition coefficient (Wildman–Crippen LogP) is 6.67. The van der Waals surface area contributed by atoms with Gasteiger partial charge in [0.2, 0.25) is 35.4 Å². The number of nitrogens with two attached hydrogens (primary N) is 1. The summed E-state index contributed by atoms with van der Waals surface area (Å²) in [5, 5.41) is 22.7. The molecule has 3 aliphatic rings. The van der Waals surface area contributed by atoms with Crippen molar-refractivity contribution in [2.45, 2.75) is 155 Å². The van der Waals surface area contributed by atoms with Gasteiger partial charge in [-0.25, -0.2) is 9.37 Å². The number of ether oxygens (including phenoxy) is 1. The number of aromatic amines is 1. The molecule has 1 saturated heterocycles. The number of halogens is 1. The minimum Gasteiger partial charge on any atom is -0.488 e. The number of β-amino-alcohol motifs (C(OH)–C–C–N with tert-alkyl or cyclic N) is 1. The number of anilines is 1. The molecule has 2 aromatic heterocycles. The summed E-state index contributed by atoms with van der Waals surface area (Å²) < 4.78 is 34.0. The lowest BCUT2D eigenvalue weighted by Crippen LogP contribution is -2.57. The average Bonchev–Trinajstić information content (AvgIpc) is 2.05. The zero-order valence-electron chi connectivity index (χ0n) is 50.4. The van der Waals surface area contributed by atoms with E-state index in [1.54, 1.807) is 29.8 Å². The van der Waals surface area contributed by atoms with Crippen molar-refractivity contribution >= 4 is 82.4 Å². The van der Waals surface area contributed by atoms with Crippen LogP contribution in [0, 0.1) is 25.1 Å². The van der Waals surface area contributed by atoms with Crippen molar-refractivity contribution in [2.24, 2.45) is 11.1 Å². The fourth-order valence-corrected chi connectivity index (χ4v) is 13.2. The number of likely N-dealkylation sites (tertiary alicyclic amines) is 1. The van der Waals surface area contributed by atoms with Gasteiger partial charge in [0.15, 0.2) is 11.6 Å². The van der Waals surface area contributed by atoms with Gasteiger partial charge in [0.1, 0.15) is 36.5 Å². The first-order valence-electron chi connectivity index (χ1n) is 29.7. The summed E-state index contributed by atoms with van der Waals surface area (Å²) in [6.45, 7) is 10.7. The molecule has 0 spiro atoms. The second kappa shape index (κ2) is 27.3. The van der Waals surface area contributed by atoms with E-state index in [2.05, 4.69) is 31.2 Å². The topological polar surface area (TPSA) is 333 Å². The number of aromatic nitrogens is 2. The summed E-state index contributed by atoms with van der Waals surface area (Å²) in [6.07, 6.45) is 1.42. The Balaban J connectivity index is 0.780. The summed E-state index contributed by atoms with van der Waals surface area (Å²) in [5.74, 6) is -4.46. The monoisotopic (exact) mass is 1260 g/mol. The van der Waals surface area contributed by atoms with Crippen molar-refractivity contribution in [3.63, 3.8) is 0 Å². The molecule has 7 atom stereocenters. The van der Waals surface area contributed by atoms with Crippen LogP contribution in [-0.4, -0.2) is 126 Å². The maximum absolute atomic E-state index is 16.3. The number of nitrogens with zero attached hydrogens (tertiary/aromatic N) is 3. The lowest BCUT2D eigenvalue weighted by atomic mass is 9.85. The number of rotatable bonds is 24. The Labute approximate surface area is 518 Å². The molecule has 3 aliphatic heterocycles. The summed E-state index contributed by atoms with van der Waals surface area (Å²) in [5.41, 5.74) is 11.3. The Kier molecular flexibility index (Phi) is 20.0. The quantitative estimate of drug-likeness (QED) is 0.0226. The molecule has 25 heteroatoms. The van der Waals surface area contributed by atoms with Crippen molar-refractivity contribution in [1.29, 1.82) is 0 Å². The molecule has 0 unspecified atom stereocenters. The molecule has 0 radical (unpaired) electrons. The molecule has 4 aromatic carbocycles. The summed E-state index contributed by atoms with van der Waals surface area (Å²) >= 11 is 1.55. The fraction of sp³-hybridized carbons (Fsp3) is 0.422. The molecule has 0 saturated carbocycles. The molecule has 22 nitrogen and oxygen atoms in total. The van der Waals surface area contributed by atoms with Gasteiger partial charge in [0.25, 0.3) is 11.4 Å². The molecule has 0 bridgehead atoms. The lowest BCUT2D eigenvalue weighted by Gasteiger charge is -2.35. The van der Waals surface area contributed by atoms with Crippen LogP contribution in [0.1, 0.15) is 139 Å². The SMILES string of the molecule is Cc1cc(CCCCCC(=O)N[C@H](C(=O)N2C[C@H](O)C[C@H]2C(=O)N[C@@H](C)c2ccc(-c3scnc3C)cc2)C(C)(C)C)c(F)c(OC[C@H](CCC(N)=O)NC(=O)[C@@H]2Cc3cccc4c3N2C(=O)[C@@H](NC(=O)c2cc3cc(C(=O)P(=O)(O)O)ccc3[nH]2)CC4)c1. The number of aliphatic hydroxyl groups excluding tert-OH is 1. The zero-order valence-corrected chi connectivity index (χ0v) is 52.1. The number of unbranched alkanes of at least 4 members (excludes halogenated alkanes) is 2. The predicted molar refractivity (Wildman–Crippen MR) is 331 cm³/mol. The number of aryl methyl sites for hydroxylation is 4. The first-order valence-corrected chi connectivity index (χ1v) is 32.2. The van der Waals surface area contributed by atoms with E-state index in [-0.39, 0.29) is 81.0 Å². The number of fused-ring (bicyclic) bond motifs is 1. The number of aliphatic hydroxyl groups is 1. The molecular formula is C64H75FN9O13PS. The Morgan fingerprint density at radius 1 is 0.910 bits per heavy atom.